The van der Waals surface area contributed by atoms with Crippen molar-refractivity contribution < 1.29 is 23.9 Å². The lowest BCUT2D eigenvalue weighted by Gasteiger charge is -2.34. The zero-order chi connectivity index (χ0) is 22.1. The number of nitrogens with zero attached hydrogens (tertiary/aromatic N) is 2. The van der Waals surface area contributed by atoms with Crippen LogP contribution in [-0.4, -0.2) is 86.0 Å². The maximum atomic E-state index is 12.2. The molecule has 4 amide bonds. The first-order chi connectivity index (χ1) is 14.3. The number of ether oxygens (including phenoxy) is 1. The first-order valence-electron chi connectivity index (χ1n) is 9.17. The average Bonchev–Trinajstić information content (AvgIpc) is 2.75. The van der Waals surface area contributed by atoms with Gasteiger partial charge < -0.3 is 36.2 Å². The second kappa shape index (κ2) is 10.6. The summed E-state index contributed by atoms with van der Waals surface area (Å²) >= 11 is 0. The van der Waals surface area contributed by atoms with Crippen LogP contribution >= 0.6 is 0 Å². The summed E-state index contributed by atoms with van der Waals surface area (Å²) in [7, 11) is 1.22. The zero-order valence-corrected chi connectivity index (χ0v) is 16.6. The predicted octanol–water partition coefficient (Wildman–Crippen LogP) is -1.25. The summed E-state index contributed by atoms with van der Waals surface area (Å²) in [6, 6.07) is 5.77. The minimum Gasteiger partial charge on any atom is -0.468 e. The lowest BCUT2D eigenvalue weighted by molar-refractivity contribution is -0.139. The van der Waals surface area contributed by atoms with Crippen molar-refractivity contribution in [1.29, 1.82) is 5.41 Å². The van der Waals surface area contributed by atoms with Crippen LogP contribution in [0.4, 0.5) is 10.5 Å². The molecule has 1 aromatic rings. The molecule has 1 aromatic carbocycles. The molecule has 1 heterocycles. The van der Waals surface area contributed by atoms with Crippen LogP contribution in [0.25, 0.3) is 0 Å². The minimum atomic E-state index is -0.578. The third kappa shape index (κ3) is 6.65. The lowest BCUT2D eigenvalue weighted by Crippen LogP contribution is -2.55. The van der Waals surface area contributed by atoms with E-state index in [1.165, 1.54) is 19.2 Å². The highest BCUT2D eigenvalue weighted by atomic mass is 16.5. The van der Waals surface area contributed by atoms with E-state index in [0.29, 0.717) is 31.9 Å². The molecule has 1 aliphatic rings. The number of carbonyl (C=O) groups is 4. The van der Waals surface area contributed by atoms with Crippen molar-refractivity contribution >= 4 is 35.5 Å². The Hall–Kier alpha value is -3.83. The number of nitrogens with two attached hydrogens (primary N) is 1. The van der Waals surface area contributed by atoms with Gasteiger partial charge in [-0.2, -0.15) is 0 Å². The number of anilines is 1. The molecule has 0 aliphatic carbocycles. The Morgan fingerprint density at radius 2 is 1.73 bits per heavy atom. The van der Waals surface area contributed by atoms with Crippen LogP contribution in [0.5, 0.6) is 0 Å². The van der Waals surface area contributed by atoms with E-state index in [9.17, 15) is 19.2 Å². The second-order valence-electron chi connectivity index (χ2n) is 6.41. The summed E-state index contributed by atoms with van der Waals surface area (Å²) in [6.07, 6.45) is 0. The summed E-state index contributed by atoms with van der Waals surface area (Å²) in [5.41, 5.74) is 6.04. The molecule has 0 unspecified atom stereocenters. The molecule has 12 heteroatoms. The van der Waals surface area contributed by atoms with Gasteiger partial charge in [0, 0.05) is 37.4 Å². The van der Waals surface area contributed by atoms with E-state index in [0.717, 1.165) is 0 Å². The molecule has 12 nitrogen and oxygen atoms in total. The molecule has 0 bridgehead atoms. The van der Waals surface area contributed by atoms with E-state index in [4.69, 9.17) is 11.1 Å². The number of amides is 4. The van der Waals surface area contributed by atoms with Crippen molar-refractivity contribution in [2.45, 2.75) is 0 Å². The maximum absolute atomic E-state index is 12.2. The molecule has 1 fully saturated rings. The molecule has 2 rings (SSSR count). The number of benzene rings is 1. The molecule has 0 spiro atoms. The fraction of sp³-hybridized carbons (Fsp3) is 0.389. The number of guanidine groups is 1. The van der Waals surface area contributed by atoms with E-state index in [1.54, 1.807) is 21.9 Å². The molecule has 30 heavy (non-hydrogen) atoms. The Balaban J connectivity index is 1.79. The van der Waals surface area contributed by atoms with Gasteiger partial charge in [0.1, 0.15) is 6.54 Å². The van der Waals surface area contributed by atoms with Crippen molar-refractivity contribution in [3.63, 3.8) is 0 Å². The van der Waals surface area contributed by atoms with Crippen molar-refractivity contribution in [3.8, 4) is 0 Å². The van der Waals surface area contributed by atoms with Crippen LogP contribution in [0.2, 0.25) is 0 Å². The number of nitrogens with one attached hydrogen (secondary N) is 4. The van der Waals surface area contributed by atoms with Gasteiger partial charge in [-0.05, 0) is 18.2 Å². The third-order valence-electron chi connectivity index (χ3n) is 4.34. The highest BCUT2D eigenvalue weighted by Crippen LogP contribution is 2.10. The maximum Gasteiger partial charge on any atom is 0.325 e. The summed E-state index contributed by atoms with van der Waals surface area (Å²) < 4.78 is 4.45. The molecule has 0 aromatic heterocycles. The molecule has 1 aliphatic heterocycles. The first-order valence-corrected chi connectivity index (χ1v) is 9.17. The van der Waals surface area contributed by atoms with Gasteiger partial charge in [-0.25, -0.2) is 4.79 Å². The molecule has 1 saturated heterocycles. The van der Waals surface area contributed by atoms with Crippen LogP contribution in [0.15, 0.2) is 24.3 Å². The van der Waals surface area contributed by atoms with Crippen molar-refractivity contribution in [2.75, 3.05) is 51.7 Å². The lowest BCUT2D eigenvalue weighted by atomic mass is 10.2. The van der Waals surface area contributed by atoms with Gasteiger partial charge >= 0.3 is 12.0 Å². The molecule has 162 valence electrons. The quantitative estimate of drug-likeness (QED) is 0.218. The van der Waals surface area contributed by atoms with Gasteiger partial charge in [0.15, 0.2) is 5.96 Å². The topological polar surface area (TPSA) is 170 Å². The Morgan fingerprint density at radius 3 is 2.37 bits per heavy atom. The van der Waals surface area contributed by atoms with E-state index in [-0.39, 0.29) is 30.6 Å². The number of methoxy groups -OCH3 is 1. The Bertz CT molecular complexity index is 821. The molecular formula is C18H25N7O5. The summed E-state index contributed by atoms with van der Waals surface area (Å²) in [6.45, 7) is 1.20. The first kappa shape index (κ1) is 22.5. The highest BCUT2D eigenvalue weighted by molar-refractivity contribution is 5.99. The number of piperazine rings is 1. The van der Waals surface area contributed by atoms with E-state index < -0.39 is 17.8 Å². The number of urea groups is 1. The van der Waals surface area contributed by atoms with Crippen molar-refractivity contribution in [3.05, 3.63) is 29.8 Å². The van der Waals surface area contributed by atoms with Crippen molar-refractivity contribution in [2.24, 2.45) is 5.73 Å². The fourth-order valence-corrected chi connectivity index (χ4v) is 2.69. The second-order valence-corrected chi connectivity index (χ2v) is 6.41. The monoisotopic (exact) mass is 419 g/mol. The molecule has 0 atom stereocenters. The van der Waals surface area contributed by atoms with E-state index >= 15 is 0 Å². The smallest absolute Gasteiger partial charge is 0.325 e. The summed E-state index contributed by atoms with van der Waals surface area (Å²) in [5, 5.41) is 14.9. The summed E-state index contributed by atoms with van der Waals surface area (Å²) in [5.74, 6) is -1.56. The van der Waals surface area contributed by atoms with Crippen LogP contribution in [-0.2, 0) is 14.3 Å². The highest BCUT2D eigenvalue weighted by Gasteiger charge is 2.21. The SMILES string of the molecule is COC(=O)CNC(=O)c1cccc(NC(=O)CNC(=O)N2CCN(C(=N)N)CC2)c1. The number of hydrogen-bond acceptors (Lipinski definition) is 6. The Morgan fingerprint density at radius 1 is 1.07 bits per heavy atom. The van der Waals surface area contributed by atoms with Crippen LogP contribution < -0.4 is 21.7 Å². The van der Waals surface area contributed by atoms with Gasteiger partial charge in [-0.15, -0.1) is 0 Å². The summed E-state index contributed by atoms with van der Waals surface area (Å²) in [4.78, 5) is 50.6. The van der Waals surface area contributed by atoms with Gasteiger partial charge in [0.25, 0.3) is 5.91 Å². The van der Waals surface area contributed by atoms with Crippen molar-refractivity contribution in [1.82, 2.24) is 20.4 Å². The van der Waals surface area contributed by atoms with Crippen LogP contribution in [0.1, 0.15) is 10.4 Å². The molecule has 6 N–H and O–H groups in total. The predicted molar refractivity (Wildman–Crippen MR) is 108 cm³/mol. The molecular weight excluding hydrogens is 394 g/mol. The van der Waals surface area contributed by atoms with Gasteiger partial charge in [-0.3, -0.25) is 19.8 Å². The van der Waals surface area contributed by atoms with Crippen LogP contribution in [0.3, 0.4) is 0 Å². The van der Waals surface area contributed by atoms with Gasteiger partial charge in [0.2, 0.25) is 5.91 Å². The normalized spacial score (nSPS) is 13.2. The molecule has 0 radical (unpaired) electrons. The third-order valence-corrected chi connectivity index (χ3v) is 4.34. The van der Waals surface area contributed by atoms with Gasteiger partial charge in [0.05, 0.1) is 13.7 Å². The molecule has 0 saturated carbocycles. The zero-order valence-electron chi connectivity index (χ0n) is 16.6. The number of carbonyl (C=O) groups excluding carboxylic acids is 4. The largest absolute Gasteiger partial charge is 0.468 e. The Kier molecular flexibility index (Phi) is 7.97. The standard InChI is InChI=1S/C18H25N7O5/c1-30-15(27)11-21-16(28)12-3-2-4-13(9-12)23-14(26)10-22-18(29)25-7-5-24(6-8-25)17(19)20/h2-4,9H,5-8,10-11H2,1H3,(H3,19,20)(H,21,28)(H,22,29)(H,23,26). The minimum absolute atomic E-state index is 0.0318. The number of rotatable bonds is 6. The fourth-order valence-electron chi connectivity index (χ4n) is 2.69. The van der Waals surface area contributed by atoms with E-state index in [2.05, 4.69) is 20.7 Å². The number of esters is 1. The van der Waals surface area contributed by atoms with Crippen LogP contribution in [0, 0.1) is 5.41 Å². The number of hydrogen-bond donors (Lipinski definition) is 5. The average molecular weight is 419 g/mol. The van der Waals surface area contributed by atoms with E-state index in [1.807, 2.05) is 0 Å². The Labute approximate surface area is 173 Å². The van der Waals surface area contributed by atoms with Gasteiger partial charge in [-0.1, -0.05) is 6.07 Å².